The minimum atomic E-state index is -0.480. The Hall–Kier alpha value is -2.37. The van der Waals surface area contributed by atoms with Gasteiger partial charge in [-0.15, -0.1) is 0 Å². The summed E-state index contributed by atoms with van der Waals surface area (Å²) >= 11 is 0. The molecular formula is C13H16N4O2. The average molecular weight is 260 g/mol. The third kappa shape index (κ3) is 2.29. The highest BCUT2D eigenvalue weighted by Crippen LogP contribution is 2.31. The van der Waals surface area contributed by atoms with E-state index in [-0.39, 0.29) is 17.5 Å². The number of anilines is 1. The molecule has 1 unspecified atom stereocenters. The lowest BCUT2D eigenvalue weighted by molar-refractivity contribution is -0.384. The van der Waals surface area contributed by atoms with Gasteiger partial charge in [0.1, 0.15) is 5.69 Å². The van der Waals surface area contributed by atoms with Crippen molar-refractivity contribution in [3.8, 4) is 0 Å². The summed E-state index contributed by atoms with van der Waals surface area (Å²) in [5.41, 5.74) is 7.16. The summed E-state index contributed by atoms with van der Waals surface area (Å²) in [6.07, 6.45) is 0.756. The normalized spacial score (nSPS) is 12.3. The third-order valence-corrected chi connectivity index (χ3v) is 3.14. The summed E-state index contributed by atoms with van der Waals surface area (Å²) in [5.74, 6) is 0.109. The van der Waals surface area contributed by atoms with Crippen LogP contribution in [0.2, 0.25) is 0 Å². The number of nitrogens with zero attached hydrogens (tertiary/aromatic N) is 3. The van der Waals surface area contributed by atoms with Gasteiger partial charge in [0, 0.05) is 0 Å². The van der Waals surface area contributed by atoms with Crippen LogP contribution in [-0.2, 0) is 0 Å². The van der Waals surface area contributed by atoms with E-state index in [0.717, 1.165) is 12.0 Å². The first kappa shape index (κ1) is 13.1. The molecule has 1 heterocycles. The highest BCUT2D eigenvalue weighted by atomic mass is 16.6. The lowest BCUT2D eigenvalue weighted by Gasteiger charge is -2.16. The highest BCUT2D eigenvalue weighted by molar-refractivity contribution is 5.56. The molecule has 0 aliphatic rings. The van der Waals surface area contributed by atoms with Crippen LogP contribution < -0.4 is 5.73 Å². The predicted octanol–water partition coefficient (Wildman–Crippen LogP) is 2.68. The van der Waals surface area contributed by atoms with Gasteiger partial charge in [-0.25, -0.2) is 4.68 Å². The Labute approximate surface area is 111 Å². The molecule has 2 aromatic rings. The van der Waals surface area contributed by atoms with Crippen molar-refractivity contribution in [2.45, 2.75) is 26.3 Å². The van der Waals surface area contributed by atoms with E-state index in [4.69, 9.17) is 5.73 Å². The van der Waals surface area contributed by atoms with Crippen LogP contribution in [0.4, 0.5) is 11.5 Å². The Bertz CT molecular complexity index is 592. The van der Waals surface area contributed by atoms with Crippen LogP contribution in [-0.4, -0.2) is 14.7 Å². The van der Waals surface area contributed by atoms with Crippen molar-refractivity contribution in [3.63, 3.8) is 0 Å². The first-order chi connectivity index (χ1) is 9.06. The average Bonchev–Trinajstić information content (AvgIpc) is 2.67. The Morgan fingerprint density at radius 3 is 2.53 bits per heavy atom. The number of aromatic nitrogens is 2. The number of rotatable bonds is 4. The van der Waals surface area contributed by atoms with Gasteiger partial charge in [-0.2, -0.15) is 5.10 Å². The number of hydrogen-bond donors (Lipinski definition) is 1. The Morgan fingerprint density at radius 2 is 2.05 bits per heavy atom. The van der Waals surface area contributed by atoms with Crippen molar-refractivity contribution in [2.75, 3.05) is 5.73 Å². The molecule has 0 saturated heterocycles. The van der Waals surface area contributed by atoms with Crippen molar-refractivity contribution < 1.29 is 4.92 Å². The smallest absolute Gasteiger partial charge is 0.333 e. The van der Waals surface area contributed by atoms with Crippen LogP contribution in [0.15, 0.2) is 30.3 Å². The number of hydrogen-bond acceptors (Lipinski definition) is 4. The van der Waals surface area contributed by atoms with Crippen molar-refractivity contribution in [3.05, 3.63) is 51.7 Å². The largest absolute Gasteiger partial charge is 0.378 e. The fourth-order valence-electron chi connectivity index (χ4n) is 2.24. The molecule has 19 heavy (non-hydrogen) atoms. The van der Waals surface area contributed by atoms with Gasteiger partial charge < -0.3 is 5.73 Å². The molecule has 0 saturated carbocycles. The fraction of sp³-hybridized carbons (Fsp3) is 0.308. The summed E-state index contributed by atoms with van der Waals surface area (Å²) in [6, 6.07) is 9.63. The summed E-state index contributed by atoms with van der Waals surface area (Å²) in [7, 11) is 0. The SMILES string of the molecule is CCC(c1ccccc1)n1nc(C)c([N+](=O)[O-])c1N. The van der Waals surface area contributed by atoms with Gasteiger partial charge >= 0.3 is 5.69 Å². The number of nitro groups is 1. The van der Waals surface area contributed by atoms with Gasteiger partial charge in [0.15, 0.2) is 0 Å². The fourth-order valence-corrected chi connectivity index (χ4v) is 2.24. The van der Waals surface area contributed by atoms with Gasteiger partial charge in [-0.05, 0) is 18.9 Å². The van der Waals surface area contributed by atoms with Crippen LogP contribution in [0.3, 0.4) is 0 Å². The van der Waals surface area contributed by atoms with Crippen molar-refractivity contribution >= 4 is 11.5 Å². The summed E-state index contributed by atoms with van der Waals surface area (Å²) in [6.45, 7) is 3.60. The quantitative estimate of drug-likeness (QED) is 0.676. The maximum Gasteiger partial charge on any atom is 0.333 e. The van der Waals surface area contributed by atoms with E-state index in [2.05, 4.69) is 5.10 Å². The highest BCUT2D eigenvalue weighted by Gasteiger charge is 2.26. The van der Waals surface area contributed by atoms with Gasteiger partial charge in [0.05, 0.1) is 11.0 Å². The van der Waals surface area contributed by atoms with Crippen LogP contribution >= 0.6 is 0 Å². The topological polar surface area (TPSA) is 87.0 Å². The number of nitrogens with two attached hydrogens (primary N) is 1. The molecule has 6 nitrogen and oxygen atoms in total. The molecule has 0 amide bonds. The molecule has 1 aromatic heterocycles. The standard InChI is InChI=1S/C13H16N4O2/c1-3-11(10-7-5-4-6-8-10)16-13(14)12(17(18)19)9(2)15-16/h4-8,11H,3,14H2,1-2H3. The molecule has 1 atom stereocenters. The first-order valence-corrected chi connectivity index (χ1v) is 6.10. The minimum absolute atomic E-state index is 0.0893. The minimum Gasteiger partial charge on any atom is -0.378 e. The Kier molecular flexibility index (Phi) is 3.50. The molecule has 6 heteroatoms. The van der Waals surface area contributed by atoms with Gasteiger partial charge in [-0.1, -0.05) is 37.3 Å². The summed E-state index contributed by atoms with van der Waals surface area (Å²) < 4.78 is 1.54. The molecule has 0 aliphatic heterocycles. The molecule has 0 spiro atoms. The lowest BCUT2D eigenvalue weighted by Crippen LogP contribution is -2.14. The maximum absolute atomic E-state index is 11.0. The van der Waals surface area contributed by atoms with E-state index in [0.29, 0.717) is 5.69 Å². The molecule has 1 aromatic carbocycles. The molecular weight excluding hydrogens is 244 g/mol. The first-order valence-electron chi connectivity index (χ1n) is 6.10. The maximum atomic E-state index is 11.0. The van der Waals surface area contributed by atoms with Gasteiger partial charge in [0.25, 0.3) is 0 Å². The van der Waals surface area contributed by atoms with Crippen LogP contribution in [0.1, 0.15) is 30.6 Å². The van der Waals surface area contributed by atoms with E-state index in [1.165, 1.54) is 0 Å². The monoisotopic (exact) mass is 260 g/mol. The van der Waals surface area contributed by atoms with E-state index in [1.54, 1.807) is 11.6 Å². The summed E-state index contributed by atoms with van der Waals surface area (Å²) in [5, 5.41) is 15.2. The predicted molar refractivity (Wildman–Crippen MR) is 72.9 cm³/mol. The molecule has 100 valence electrons. The van der Waals surface area contributed by atoms with Crippen molar-refractivity contribution in [2.24, 2.45) is 0 Å². The second-order valence-electron chi connectivity index (χ2n) is 4.36. The van der Waals surface area contributed by atoms with Crippen molar-refractivity contribution in [1.82, 2.24) is 9.78 Å². The molecule has 0 aliphatic carbocycles. The zero-order chi connectivity index (χ0) is 14.0. The number of nitrogen functional groups attached to an aromatic ring is 1. The number of benzene rings is 1. The molecule has 0 fully saturated rings. The second kappa shape index (κ2) is 5.09. The summed E-state index contributed by atoms with van der Waals surface area (Å²) in [4.78, 5) is 10.5. The molecule has 2 N–H and O–H groups in total. The van der Waals surface area contributed by atoms with E-state index < -0.39 is 4.92 Å². The molecule has 0 bridgehead atoms. The zero-order valence-corrected chi connectivity index (χ0v) is 10.9. The van der Waals surface area contributed by atoms with E-state index in [9.17, 15) is 10.1 Å². The van der Waals surface area contributed by atoms with E-state index in [1.807, 2.05) is 37.3 Å². The van der Waals surface area contributed by atoms with E-state index >= 15 is 0 Å². The van der Waals surface area contributed by atoms with Crippen molar-refractivity contribution in [1.29, 1.82) is 0 Å². The van der Waals surface area contributed by atoms with Gasteiger partial charge in [0.2, 0.25) is 5.82 Å². The van der Waals surface area contributed by atoms with Crippen LogP contribution in [0.25, 0.3) is 0 Å². The lowest BCUT2D eigenvalue weighted by atomic mass is 10.1. The zero-order valence-electron chi connectivity index (χ0n) is 10.9. The second-order valence-corrected chi connectivity index (χ2v) is 4.36. The molecule has 2 rings (SSSR count). The Morgan fingerprint density at radius 1 is 1.42 bits per heavy atom. The van der Waals surface area contributed by atoms with Crippen LogP contribution in [0, 0.1) is 17.0 Å². The third-order valence-electron chi connectivity index (χ3n) is 3.14. The van der Waals surface area contributed by atoms with Crippen LogP contribution in [0.5, 0.6) is 0 Å². The number of aryl methyl sites for hydroxylation is 1. The molecule has 0 radical (unpaired) electrons. The Balaban J connectivity index is 2.51. The van der Waals surface area contributed by atoms with Gasteiger partial charge in [-0.3, -0.25) is 10.1 Å².